The zero-order valence-corrected chi connectivity index (χ0v) is 16.4. The number of fused-ring (bicyclic) bond motifs is 1. The van der Waals surface area contributed by atoms with Gasteiger partial charge in [-0.05, 0) is 29.1 Å². The first-order valence-corrected chi connectivity index (χ1v) is 10.1. The average Bonchev–Trinajstić information content (AvgIpc) is 3.27. The van der Waals surface area contributed by atoms with Crippen molar-refractivity contribution < 1.29 is 4.79 Å². The average molecular weight is 405 g/mol. The Morgan fingerprint density at radius 2 is 1.48 bits per heavy atom. The maximum Gasteiger partial charge on any atom is 0.317 e. The molecule has 0 aliphatic heterocycles. The molecule has 0 unspecified atom stereocenters. The first-order valence-electron chi connectivity index (χ1n) is 9.19. The van der Waals surface area contributed by atoms with Crippen LogP contribution >= 0.6 is 11.3 Å². The summed E-state index contributed by atoms with van der Waals surface area (Å²) in [6, 6.07) is 20.5. The van der Waals surface area contributed by atoms with E-state index in [0.29, 0.717) is 24.1 Å². The van der Waals surface area contributed by atoms with Crippen molar-refractivity contribution in [2.45, 2.75) is 19.6 Å². The van der Waals surface area contributed by atoms with Crippen molar-refractivity contribution in [1.82, 2.24) is 14.5 Å². The molecule has 146 valence electrons. The van der Waals surface area contributed by atoms with Gasteiger partial charge in [0, 0.05) is 4.88 Å². The second-order valence-corrected chi connectivity index (χ2v) is 7.65. The van der Waals surface area contributed by atoms with Gasteiger partial charge in [0.2, 0.25) is 5.91 Å². The molecule has 2 aromatic heterocycles. The Kier molecular flexibility index (Phi) is 5.39. The third-order valence-corrected chi connectivity index (χ3v) is 5.54. The number of benzene rings is 2. The number of amides is 1. The number of para-hydroxylation sites is 2. The number of aromatic nitrogens is 2. The van der Waals surface area contributed by atoms with Gasteiger partial charge in [0.25, 0.3) is 0 Å². The number of thiophene rings is 1. The van der Waals surface area contributed by atoms with E-state index in [1.54, 1.807) is 29.5 Å². The number of carbonyl (C=O) groups excluding carboxylic acids is 1. The normalized spacial score (nSPS) is 10.9. The Labute approximate surface area is 170 Å². The monoisotopic (exact) mass is 405 g/mol. The summed E-state index contributed by atoms with van der Waals surface area (Å²) >= 11 is 1.55. The van der Waals surface area contributed by atoms with Gasteiger partial charge in [0.1, 0.15) is 6.54 Å². The molecule has 1 amide bonds. The predicted molar refractivity (Wildman–Crippen MR) is 114 cm³/mol. The molecule has 0 bridgehead atoms. The topological polar surface area (TPSA) is 73.1 Å². The molecule has 2 heterocycles. The van der Waals surface area contributed by atoms with Gasteiger partial charge in [-0.1, -0.05) is 48.5 Å². The summed E-state index contributed by atoms with van der Waals surface area (Å²) in [5, 5.41) is 4.74. The molecule has 4 aromatic rings. The van der Waals surface area contributed by atoms with Gasteiger partial charge >= 0.3 is 11.1 Å². The van der Waals surface area contributed by atoms with Crippen LogP contribution in [0.2, 0.25) is 0 Å². The Bertz CT molecular complexity index is 1260. The lowest BCUT2D eigenvalue weighted by Gasteiger charge is -2.15. The Balaban J connectivity index is 1.69. The zero-order chi connectivity index (χ0) is 20.2. The molecular formula is C22H19N3O3S. The lowest BCUT2D eigenvalue weighted by atomic mass is 10.2. The van der Waals surface area contributed by atoms with Crippen LogP contribution in [0.3, 0.4) is 0 Å². The van der Waals surface area contributed by atoms with E-state index in [-0.39, 0.29) is 12.5 Å². The molecule has 0 fully saturated rings. The Hall–Kier alpha value is -3.45. The Morgan fingerprint density at radius 3 is 2.17 bits per heavy atom. The number of hydrogen-bond acceptors (Lipinski definition) is 4. The largest absolute Gasteiger partial charge is 0.350 e. The highest BCUT2D eigenvalue weighted by molar-refractivity contribution is 7.09. The summed E-state index contributed by atoms with van der Waals surface area (Å²) in [4.78, 5) is 39.1. The number of hydrogen-bond donors (Lipinski definition) is 1. The molecule has 6 nitrogen and oxygen atoms in total. The van der Waals surface area contributed by atoms with Crippen LogP contribution in [-0.2, 0) is 24.4 Å². The summed E-state index contributed by atoms with van der Waals surface area (Å²) in [5.41, 5.74) is 0.751. The summed E-state index contributed by atoms with van der Waals surface area (Å²) in [7, 11) is 0. The molecule has 4 rings (SSSR count). The molecule has 0 saturated heterocycles. The molecule has 1 N–H and O–H groups in total. The smallest absolute Gasteiger partial charge is 0.317 e. The van der Waals surface area contributed by atoms with Crippen LogP contribution in [0.15, 0.2) is 81.7 Å². The standard InChI is InChI=1S/C22H19N3O3S/c26-20(23-13-17-9-6-12-29-17)15-25-19-11-5-4-10-18(19)24(21(27)22(25)28)14-16-7-2-1-3-8-16/h1-12H,13-15H2,(H,23,26). The van der Waals surface area contributed by atoms with E-state index in [4.69, 9.17) is 0 Å². The van der Waals surface area contributed by atoms with Crippen molar-refractivity contribution in [2.75, 3.05) is 0 Å². The first kappa shape index (κ1) is 18.9. The molecule has 0 atom stereocenters. The number of nitrogens with zero attached hydrogens (tertiary/aromatic N) is 2. The van der Waals surface area contributed by atoms with E-state index in [9.17, 15) is 14.4 Å². The van der Waals surface area contributed by atoms with Gasteiger partial charge in [0.15, 0.2) is 0 Å². The highest BCUT2D eigenvalue weighted by Crippen LogP contribution is 2.13. The number of rotatable bonds is 6. The van der Waals surface area contributed by atoms with Crippen LogP contribution in [0.25, 0.3) is 11.0 Å². The van der Waals surface area contributed by atoms with Gasteiger partial charge in [0.05, 0.1) is 24.1 Å². The van der Waals surface area contributed by atoms with Crippen LogP contribution < -0.4 is 16.4 Å². The summed E-state index contributed by atoms with van der Waals surface area (Å²) in [5.74, 6) is -0.314. The van der Waals surface area contributed by atoms with Gasteiger partial charge in [-0.15, -0.1) is 11.3 Å². The third-order valence-electron chi connectivity index (χ3n) is 4.66. The lowest BCUT2D eigenvalue weighted by Crippen LogP contribution is -2.44. The maximum absolute atomic E-state index is 12.8. The van der Waals surface area contributed by atoms with E-state index < -0.39 is 11.1 Å². The van der Waals surface area contributed by atoms with Crippen molar-refractivity contribution in [3.8, 4) is 0 Å². The molecule has 0 radical (unpaired) electrons. The maximum atomic E-state index is 12.8. The van der Waals surface area contributed by atoms with E-state index in [1.807, 2.05) is 53.9 Å². The van der Waals surface area contributed by atoms with Crippen LogP contribution in [-0.4, -0.2) is 15.0 Å². The third kappa shape index (κ3) is 4.05. The van der Waals surface area contributed by atoms with Crippen LogP contribution in [0.1, 0.15) is 10.4 Å². The quantitative estimate of drug-likeness (QED) is 0.501. The first-order chi connectivity index (χ1) is 14.1. The van der Waals surface area contributed by atoms with Gasteiger partial charge in [-0.3, -0.25) is 23.5 Å². The molecule has 0 spiro atoms. The second kappa shape index (κ2) is 8.28. The summed E-state index contributed by atoms with van der Waals surface area (Å²) in [6.45, 7) is 0.487. The zero-order valence-electron chi connectivity index (χ0n) is 15.6. The summed E-state index contributed by atoms with van der Waals surface area (Å²) in [6.07, 6.45) is 0. The highest BCUT2D eigenvalue weighted by Gasteiger charge is 2.15. The molecule has 0 aliphatic carbocycles. The van der Waals surface area contributed by atoms with Crippen molar-refractivity contribution in [3.05, 3.63) is 103 Å². The van der Waals surface area contributed by atoms with Crippen molar-refractivity contribution in [3.63, 3.8) is 0 Å². The van der Waals surface area contributed by atoms with Crippen LogP contribution in [0.5, 0.6) is 0 Å². The van der Waals surface area contributed by atoms with E-state index in [2.05, 4.69) is 5.32 Å². The fourth-order valence-electron chi connectivity index (χ4n) is 3.25. The van der Waals surface area contributed by atoms with Crippen molar-refractivity contribution in [2.24, 2.45) is 0 Å². The Morgan fingerprint density at radius 1 is 0.828 bits per heavy atom. The molecule has 0 aliphatic rings. The minimum atomic E-state index is -0.703. The minimum Gasteiger partial charge on any atom is -0.350 e. The van der Waals surface area contributed by atoms with Gasteiger partial charge in [-0.2, -0.15) is 0 Å². The molecule has 2 aromatic carbocycles. The van der Waals surface area contributed by atoms with Crippen LogP contribution in [0, 0.1) is 0 Å². The summed E-state index contributed by atoms with van der Waals surface area (Å²) < 4.78 is 2.72. The second-order valence-electron chi connectivity index (χ2n) is 6.61. The lowest BCUT2D eigenvalue weighted by molar-refractivity contribution is -0.121. The highest BCUT2D eigenvalue weighted by atomic mass is 32.1. The fourth-order valence-corrected chi connectivity index (χ4v) is 3.89. The van der Waals surface area contributed by atoms with E-state index >= 15 is 0 Å². The van der Waals surface area contributed by atoms with E-state index in [1.165, 1.54) is 9.13 Å². The van der Waals surface area contributed by atoms with Crippen molar-refractivity contribution >= 4 is 28.3 Å². The fraction of sp³-hybridized carbons (Fsp3) is 0.136. The SMILES string of the molecule is O=C(Cn1c(=O)c(=O)n(Cc2ccccc2)c2ccccc21)NCc1cccs1. The minimum absolute atomic E-state index is 0.202. The van der Waals surface area contributed by atoms with Crippen molar-refractivity contribution in [1.29, 1.82) is 0 Å². The molecule has 7 heteroatoms. The molecule has 0 saturated carbocycles. The number of nitrogens with one attached hydrogen (secondary N) is 1. The van der Waals surface area contributed by atoms with Gasteiger partial charge in [-0.25, -0.2) is 0 Å². The molecular weight excluding hydrogens is 386 g/mol. The predicted octanol–water partition coefficient (Wildman–Crippen LogP) is 2.59. The van der Waals surface area contributed by atoms with E-state index in [0.717, 1.165) is 10.4 Å². The number of carbonyl (C=O) groups is 1. The van der Waals surface area contributed by atoms with Crippen LogP contribution in [0.4, 0.5) is 0 Å². The molecule has 29 heavy (non-hydrogen) atoms. The van der Waals surface area contributed by atoms with Gasteiger partial charge < -0.3 is 5.32 Å².